The van der Waals surface area contributed by atoms with Crippen molar-refractivity contribution in [1.82, 2.24) is 19.2 Å². The molecule has 1 aliphatic heterocycles. The van der Waals surface area contributed by atoms with E-state index in [1.54, 1.807) is 11.9 Å². The average Bonchev–Trinajstić information content (AvgIpc) is 2.61. The molecule has 1 aromatic rings. The molecule has 2 heterocycles. The summed E-state index contributed by atoms with van der Waals surface area (Å²) < 4.78 is 7.77. The lowest BCUT2D eigenvalue weighted by Crippen LogP contribution is -2.49. The van der Waals surface area contributed by atoms with Crippen molar-refractivity contribution in [3.05, 3.63) is 16.8 Å². The van der Waals surface area contributed by atoms with Gasteiger partial charge in [-0.3, -0.25) is 9.36 Å². The molecule has 94 valence electrons. The number of aryl methyl sites for hydroxylation is 1. The number of rotatable bonds is 2. The van der Waals surface area contributed by atoms with E-state index in [0.717, 1.165) is 0 Å². The molecule has 2 rings (SSSR count). The van der Waals surface area contributed by atoms with E-state index in [2.05, 4.69) is 5.10 Å². The molecule has 1 aliphatic rings. The van der Waals surface area contributed by atoms with Gasteiger partial charge in [0.25, 0.3) is 0 Å². The molecule has 1 amide bonds. The van der Waals surface area contributed by atoms with Crippen LogP contribution in [0.3, 0.4) is 0 Å². The first-order valence-electron chi connectivity index (χ1n) is 5.55. The molecule has 0 aromatic carbocycles. The maximum Gasteiger partial charge on any atom is 0.345 e. The summed E-state index contributed by atoms with van der Waals surface area (Å²) in [4.78, 5) is 25.3. The standard InChI is InChI=1S/C10H16N4O3/c1-8-6-17-4-3-13(8)9(15)5-14-10(16)12(2)7-11-14/h7-8H,3-6H2,1-2H3/t8-/m0/s1. The second-order valence-electron chi connectivity index (χ2n) is 4.19. The summed E-state index contributed by atoms with van der Waals surface area (Å²) in [5.74, 6) is -0.0957. The van der Waals surface area contributed by atoms with Crippen LogP contribution in [0.1, 0.15) is 6.92 Å². The largest absolute Gasteiger partial charge is 0.377 e. The minimum absolute atomic E-state index is 0.00991. The Morgan fingerprint density at radius 3 is 3.00 bits per heavy atom. The van der Waals surface area contributed by atoms with Gasteiger partial charge in [0.2, 0.25) is 5.91 Å². The zero-order valence-electron chi connectivity index (χ0n) is 10.00. The summed E-state index contributed by atoms with van der Waals surface area (Å²) in [6.07, 6.45) is 1.40. The van der Waals surface area contributed by atoms with Crippen molar-refractivity contribution in [2.24, 2.45) is 7.05 Å². The average molecular weight is 240 g/mol. The summed E-state index contributed by atoms with van der Waals surface area (Å²) in [7, 11) is 1.60. The van der Waals surface area contributed by atoms with E-state index < -0.39 is 0 Å². The molecule has 1 aromatic heterocycles. The Balaban J connectivity index is 2.06. The lowest BCUT2D eigenvalue weighted by molar-refractivity contribution is -0.140. The molecule has 0 radical (unpaired) electrons. The number of morpholine rings is 1. The lowest BCUT2D eigenvalue weighted by atomic mass is 10.2. The Kier molecular flexibility index (Phi) is 3.28. The molecular formula is C10H16N4O3. The number of amides is 1. The van der Waals surface area contributed by atoms with Gasteiger partial charge in [-0.05, 0) is 6.92 Å². The molecule has 7 heteroatoms. The normalized spacial score (nSPS) is 20.6. The van der Waals surface area contributed by atoms with Gasteiger partial charge in [-0.15, -0.1) is 0 Å². The van der Waals surface area contributed by atoms with Gasteiger partial charge in [0, 0.05) is 13.6 Å². The van der Waals surface area contributed by atoms with Crippen LogP contribution in [0, 0.1) is 0 Å². The van der Waals surface area contributed by atoms with Crippen LogP contribution in [0.4, 0.5) is 0 Å². The van der Waals surface area contributed by atoms with Gasteiger partial charge in [0.05, 0.1) is 19.3 Å². The van der Waals surface area contributed by atoms with Crippen molar-refractivity contribution < 1.29 is 9.53 Å². The summed E-state index contributed by atoms with van der Waals surface area (Å²) >= 11 is 0. The van der Waals surface area contributed by atoms with Crippen LogP contribution in [0.5, 0.6) is 0 Å². The molecule has 0 unspecified atom stereocenters. The van der Waals surface area contributed by atoms with E-state index >= 15 is 0 Å². The fourth-order valence-corrected chi connectivity index (χ4v) is 1.85. The van der Waals surface area contributed by atoms with Crippen LogP contribution >= 0.6 is 0 Å². The topological polar surface area (TPSA) is 69.4 Å². The highest BCUT2D eigenvalue weighted by Gasteiger charge is 2.24. The second kappa shape index (κ2) is 4.70. The van der Waals surface area contributed by atoms with E-state index in [1.165, 1.54) is 15.6 Å². The third-order valence-corrected chi connectivity index (χ3v) is 2.86. The van der Waals surface area contributed by atoms with Crippen molar-refractivity contribution in [3.8, 4) is 0 Å². The molecule has 7 nitrogen and oxygen atoms in total. The minimum Gasteiger partial charge on any atom is -0.377 e. The van der Waals surface area contributed by atoms with Gasteiger partial charge >= 0.3 is 5.69 Å². The molecule has 1 fully saturated rings. The SMILES string of the molecule is C[C@H]1COCCN1C(=O)Cn1ncn(C)c1=O. The smallest absolute Gasteiger partial charge is 0.345 e. The van der Waals surface area contributed by atoms with Crippen LogP contribution in [-0.2, 0) is 23.1 Å². The number of ether oxygens (including phenoxy) is 1. The van der Waals surface area contributed by atoms with Gasteiger partial charge < -0.3 is 9.64 Å². The van der Waals surface area contributed by atoms with Crippen molar-refractivity contribution in [2.75, 3.05) is 19.8 Å². The first kappa shape index (κ1) is 11.8. The summed E-state index contributed by atoms with van der Waals surface area (Å²) in [6, 6.07) is 0.0515. The fourth-order valence-electron chi connectivity index (χ4n) is 1.85. The zero-order chi connectivity index (χ0) is 12.4. The zero-order valence-corrected chi connectivity index (χ0v) is 10.00. The summed E-state index contributed by atoms with van der Waals surface area (Å²) in [6.45, 7) is 3.58. The van der Waals surface area contributed by atoms with Crippen molar-refractivity contribution in [1.29, 1.82) is 0 Å². The minimum atomic E-state index is -0.278. The van der Waals surface area contributed by atoms with E-state index in [0.29, 0.717) is 19.8 Å². The molecule has 0 spiro atoms. The number of aromatic nitrogens is 3. The third-order valence-electron chi connectivity index (χ3n) is 2.86. The molecule has 1 atom stereocenters. The maximum absolute atomic E-state index is 12.0. The number of carbonyl (C=O) groups is 1. The number of hydrogen-bond acceptors (Lipinski definition) is 4. The van der Waals surface area contributed by atoms with Crippen molar-refractivity contribution in [3.63, 3.8) is 0 Å². The summed E-state index contributed by atoms with van der Waals surface area (Å²) in [5, 5.41) is 3.86. The predicted octanol–water partition coefficient (Wildman–Crippen LogP) is -1.17. The first-order valence-corrected chi connectivity index (χ1v) is 5.55. The Bertz CT molecular complexity index is 464. The van der Waals surface area contributed by atoms with E-state index in [1.807, 2.05) is 6.92 Å². The fraction of sp³-hybridized carbons (Fsp3) is 0.700. The van der Waals surface area contributed by atoms with Crippen molar-refractivity contribution >= 4 is 5.91 Å². The molecule has 0 saturated carbocycles. The Labute approximate surface area is 98.6 Å². The first-order chi connectivity index (χ1) is 8.09. The third kappa shape index (κ3) is 2.38. The van der Waals surface area contributed by atoms with Crippen LogP contribution in [0.15, 0.2) is 11.1 Å². The molecule has 0 aliphatic carbocycles. The monoisotopic (exact) mass is 240 g/mol. The predicted molar refractivity (Wildman–Crippen MR) is 59.5 cm³/mol. The summed E-state index contributed by atoms with van der Waals surface area (Å²) in [5.41, 5.74) is -0.278. The Hall–Kier alpha value is -1.63. The van der Waals surface area contributed by atoms with Gasteiger partial charge in [-0.1, -0.05) is 0 Å². The van der Waals surface area contributed by atoms with Gasteiger partial charge in [-0.25, -0.2) is 9.48 Å². The van der Waals surface area contributed by atoms with Crippen LogP contribution in [0.25, 0.3) is 0 Å². The van der Waals surface area contributed by atoms with Crippen molar-refractivity contribution in [2.45, 2.75) is 19.5 Å². The van der Waals surface area contributed by atoms with Crippen LogP contribution in [-0.4, -0.2) is 51.0 Å². The van der Waals surface area contributed by atoms with Crippen LogP contribution in [0.2, 0.25) is 0 Å². The maximum atomic E-state index is 12.0. The second-order valence-corrected chi connectivity index (χ2v) is 4.19. The Morgan fingerprint density at radius 2 is 2.41 bits per heavy atom. The quantitative estimate of drug-likeness (QED) is 0.653. The van der Waals surface area contributed by atoms with E-state index in [-0.39, 0.29) is 24.2 Å². The highest BCUT2D eigenvalue weighted by Crippen LogP contribution is 2.06. The van der Waals surface area contributed by atoms with Gasteiger partial charge in [0.15, 0.2) is 0 Å². The highest BCUT2D eigenvalue weighted by molar-refractivity contribution is 5.76. The van der Waals surface area contributed by atoms with Crippen LogP contribution < -0.4 is 5.69 Å². The number of nitrogens with zero attached hydrogens (tertiary/aromatic N) is 4. The molecular weight excluding hydrogens is 224 g/mol. The number of hydrogen-bond donors (Lipinski definition) is 0. The highest BCUT2D eigenvalue weighted by atomic mass is 16.5. The number of carbonyl (C=O) groups excluding carboxylic acids is 1. The van der Waals surface area contributed by atoms with Gasteiger partial charge in [0.1, 0.15) is 12.9 Å². The molecule has 17 heavy (non-hydrogen) atoms. The molecule has 0 N–H and O–H groups in total. The lowest BCUT2D eigenvalue weighted by Gasteiger charge is -2.33. The molecule has 0 bridgehead atoms. The van der Waals surface area contributed by atoms with E-state index in [4.69, 9.17) is 4.74 Å². The molecule has 1 saturated heterocycles. The van der Waals surface area contributed by atoms with E-state index in [9.17, 15) is 9.59 Å². The Morgan fingerprint density at radius 1 is 1.65 bits per heavy atom. The van der Waals surface area contributed by atoms with Gasteiger partial charge in [-0.2, -0.15) is 5.10 Å².